The van der Waals surface area contributed by atoms with E-state index in [0.29, 0.717) is 12.2 Å². The van der Waals surface area contributed by atoms with Crippen molar-refractivity contribution in [1.82, 2.24) is 14.9 Å². The summed E-state index contributed by atoms with van der Waals surface area (Å²) in [4.78, 5) is 18.3. The molecule has 5 heteroatoms. The number of hydrogen-bond acceptors (Lipinski definition) is 3. The molecule has 0 saturated carbocycles. The Morgan fingerprint density at radius 3 is 2.74 bits per heavy atom. The molecule has 0 aliphatic rings. The Morgan fingerprint density at radius 1 is 1.15 bits per heavy atom. The number of nitrogens with one attached hydrogen (secondary N) is 1. The van der Waals surface area contributed by atoms with Crippen molar-refractivity contribution >= 4 is 27.5 Å². The number of amides is 1. The molecular formula is C22H21N3OS. The molecule has 3 aromatic heterocycles. The van der Waals surface area contributed by atoms with Gasteiger partial charge in [-0.15, -0.1) is 11.3 Å². The summed E-state index contributed by atoms with van der Waals surface area (Å²) in [6.07, 6.45) is 2.49. The van der Waals surface area contributed by atoms with Crippen LogP contribution < -0.4 is 5.32 Å². The van der Waals surface area contributed by atoms with Crippen molar-refractivity contribution in [2.75, 3.05) is 6.54 Å². The molecule has 136 valence electrons. The lowest BCUT2D eigenvalue weighted by molar-refractivity contribution is 0.0944. The third kappa shape index (κ3) is 3.64. The fourth-order valence-electron chi connectivity index (χ4n) is 3.32. The van der Waals surface area contributed by atoms with Gasteiger partial charge in [-0.2, -0.15) is 0 Å². The van der Waals surface area contributed by atoms with E-state index in [0.717, 1.165) is 22.3 Å². The van der Waals surface area contributed by atoms with E-state index < -0.39 is 0 Å². The van der Waals surface area contributed by atoms with Crippen molar-refractivity contribution in [3.05, 3.63) is 89.2 Å². The van der Waals surface area contributed by atoms with Crippen molar-refractivity contribution < 1.29 is 4.79 Å². The van der Waals surface area contributed by atoms with Crippen molar-refractivity contribution in [1.29, 1.82) is 0 Å². The number of aromatic nitrogens is 2. The molecule has 0 bridgehead atoms. The number of fused-ring (bicyclic) bond motifs is 1. The zero-order valence-corrected chi connectivity index (χ0v) is 15.9. The zero-order chi connectivity index (χ0) is 18.6. The first-order valence-corrected chi connectivity index (χ1v) is 9.93. The van der Waals surface area contributed by atoms with Gasteiger partial charge < -0.3 is 9.88 Å². The second-order valence-electron chi connectivity index (χ2n) is 6.49. The molecule has 0 radical (unpaired) electrons. The highest BCUT2D eigenvalue weighted by Gasteiger charge is 2.21. The predicted molar refractivity (Wildman–Crippen MR) is 110 cm³/mol. The lowest BCUT2D eigenvalue weighted by atomic mass is 10.1. The SMILES string of the molecule is C[C@@H](c1ccccc1)n1c(C(=O)NCCc2ccccn2)cc2ccsc21. The average molecular weight is 375 g/mol. The molecule has 0 unspecified atom stereocenters. The molecule has 0 aliphatic carbocycles. The fraction of sp³-hybridized carbons (Fsp3) is 0.182. The summed E-state index contributed by atoms with van der Waals surface area (Å²) in [5, 5.41) is 6.23. The van der Waals surface area contributed by atoms with E-state index in [1.54, 1.807) is 17.5 Å². The van der Waals surface area contributed by atoms with Crippen molar-refractivity contribution in [3.63, 3.8) is 0 Å². The number of nitrogens with zero attached hydrogens (tertiary/aromatic N) is 2. The second kappa shape index (κ2) is 7.76. The molecule has 0 spiro atoms. The number of pyridine rings is 1. The van der Waals surface area contributed by atoms with Crippen LogP contribution in [0.5, 0.6) is 0 Å². The summed E-state index contributed by atoms with van der Waals surface area (Å²) >= 11 is 1.67. The smallest absolute Gasteiger partial charge is 0.267 e. The van der Waals surface area contributed by atoms with E-state index >= 15 is 0 Å². The number of carbonyl (C=O) groups is 1. The van der Waals surface area contributed by atoms with Gasteiger partial charge in [-0.3, -0.25) is 9.78 Å². The van der Waals surface area contributed by atoms with Crippen LogP contribution in [-0.4, -0.2) is 22.0 Å². The minimum absolute atomic E-state index is 0.0443. The molecule has 4 rings (SSSR count). The van der Waals surface area contributed by atoms with Crippen LogP contribution in [0.2, 0.25) is 0 Å². The Kier molecular flexibility index (Phi) is 5.03. The summed E-state index contributed by atoms with van der Waals surface area (Å²) in [5.74, 6) is -0.0443. The summed E-state index contributed by atoms with van der Waals surface area (Å²) in [6.45, 7) is 2.70. The van der Waals surface area contributed by atoms with Crippen LogP contribution >= 0.6 is 11.3 Å². The van der Waals surface area contributed by atoms with Gasteiger partial charge >= 0.3 is 0 Å². The van der Waals surface area contributed by atoms with Crippen LogP contribution in [0.3, 0.4) is 0 Å². The largest absolute Gasteiger partial charge is 0.350 e. The van der Waals surface area contributed by atoms with Gasteiger partial charge in [0.25, 0.3) is 5.91 Å². The van der Waals surface area contributed by atoms with Crippen molar-refractivity contribution in [2.45, 2.75) is 19.4 Å². The molecular weight excluding hydrogens is 354 g/mol. The first kappa shape index (κ1) is 17.5. The van der Waals surface area contributed by atoms with Crippen LogP contribution in [0.15, 0.2) is 72.2 Å². The Bertz CT molecular complexity index is 1040. The van der Waals surface area contributed by atoms with E-state index in [-0.39, 0.29) is 11.9 Å². The molecule has 27 heavy (non-hydrogen) atoms. The van der Waals surface area contributed by atoms with Gasteiger partial charge in [-0.1, -0.05) is 36.4 Å². The Hall–Kier alpha value is -2.92. The number of thiophene rings is 1. The first-order valence-electron chi connectivity index (χ1n) is 9.05. The van der Waals surface area contributed by atoms with Crippen LogP contribution in [0.1, 0.15) is 34.7 Å². The van der Waals surface area contributed by atoms with Gasteiger partial charge in [0.2, 0.25) is 0 Å². The quantitative estimate of drug-likeness (QED) is 0.532. The predicted octanol–water partition coefficient (Wildman–Crippen LogP) is 4.68. The second-order valence-corrected chi connectivity index (χ2v) is 7.39. The highest BCUT2D eigenvalue weighted by atomic mass is 32.1. The van der Waals surface area contributed by atoms with Gasteiger partial charge in [-0.05, 0) is 42.1 Å². The molecule has 4 aromatic rings. The Balaban J connectivity index is 1.58. The maximum absolute atomic E-state index is 12.9. The summed E-state index contributed by atoms with van der Waals surface area (Å²) in [6, 6.07) is 20.3. The molecule has 4 nitrogen and oxygen atoms in total. The van der Waals surface area contributed by atoms with E-state index in [2.05, 4.69) is 45.4 Å². The minimum Gasteiger partial charge on any atom is -0.350 e. The molecule has 0 saturated heterocycles. The van der Waals surface area contributed by atoms with E-state index in [9.17, 15) is 4.79 Å². The topological polar surface area (TPSA) is 46.9 Å². The van der Waals surface area contributed by atoms with Crippen LogP contribution in [0, 0.1) is 0 Å². The van der Waals surface area contributed by atoms with Crippen LogP contribution in [0.25, 0.3) is 10.2 Å². The molecule has 1 N–H and O–H groups in total. The normalized spacial score (nSPS) is 12.2. The van der Waals surface area contributed by atoms with E-state index in [1.807, 2.05) is 42.5 Å². The summed E-state index contributed by atoms with van der Waals surface area (Å²) in [5.41, 5.74) is 2.87. The lowest BCUT2D eigenvalue weighted by Gasteiger charge is -2.18. The maximum atomic E-state index is 12.9. The van der Waals surface area contributed by atoms with E-state index in [4.69, 9.17) is 0 Å². The molecule has 1 atom stereocenters. The van der Waals surface area contributed by atoms with Crippen molar-refractivity contribution in [3.8, 4) is 0 Å². The number of benzene rings is 1. The number of rotatable bonds is 6. The zero-order valence-electron chi connectivity index (χ0n) is 15.1. The molecule has 1 amide bonds. The molecule has 0 fully saturated rings. The number of hydrogen-bond donors (Lipinski definition) is 1. The highest BCUT2D eigenvalue weighted by Crippen LogP contribution is 2.31. The Labute approximate surface area is 162 Å². The fourth-order valence-corrected chi connectivity index (χ4v) is 4.30. The van der Waals surface area contributed by atoms with Gasteiger partial charge in [0.05, 0.1) is 6.04 Å². The lowest BCUT2D eigenvalue weighted by Crippen LogP contribution is -2.28. The standard InChI is InChI=1S/C22H21N3OS/c1-16(17-7-3-2-4-8-17)25-20(15-18-11-14-27-22(18)25)21(26)24-13-10-19-9-5-6-12-23-19/h2-9,11-12,14-16H,10,13H2,1H3,(H,24,26)/t16-/m0/s1. The Morgan fingerprint density at radius 2 is 1.96 bits per heavy atom. The molecule has 0 aliphatic heterocycles. The van der Waals surface area contributed by atoms with E-state index in [1.165, 1.54) is 5.56 Å². The number of carbonyl (C=O) groups excluding carboxylic acids is 1. The van der Waals surface area contributed by atoms with Crippen LogP contribution in [0.4, 0.5) is 0 Å². The first-order chi connectivity index (χ1) is 13.2. The summed E-state index contributed by atoms with van der Waals surface area (Å²) in [7, 11) is 0. The third-order valence-electron chi connectivity index (χ3n) is 4.74. The van der Waals surface area contributed by atoms with Gasteiger partial charge in [-0.25, -0.2) is 0 Å². The average Bonchev–Trinajstić information content (AvgIpc) is 3.30. The maximum Gasteiger partial charge on any atom is 0.267 e. The highest BCUT2D eigenvalue weighted by molar-refractivity contribution is 7.16. The minimum atomic E-state index is -0.0443. The van der Waals surface area contributed by atoms with Crippen molar-refractivity contribution in [2.24, 2.45) is 0 Å². The van der Waals surface area contributed by atoms with Gasteiger partial charge in [0.1, 0.15) is 10.5 Å². The third-order valence-corrected chi connectivity index (χ3v) is 5.67. The molecule has 1 aromatic carbocycles. The monoisotopic (exact) mass is 375 g/mol. The summed E-state index contributed by atoms with van der Waals surface area (Å²) < 4.78 is 2.14. The van der Waals surface area contributed by atoms with Crippen LogP contribution in [-0.2, 0) is 6.42 Å². The van der Waals surface area contributed by atoms with Gasteiger partial charge in [0.15, 0.2) is 0 Å². The van der Waals surface area contributed by atoms with Gasteiger partial charge in [0, 0.05) is 30.2 Å². The molecule has 3 heterocycles.